The molecule has 7 nitrogen and oxygen atoms in total. The highest BCUT2D eigenvalue weighted by Gasteiger charge is 2.19. The molecule has 0 saturated heterocycles. The van der Waals surface area contributed by atoms with Crippen LogP contribution in [0.2, 0.25) is 5.02 Å². The van der Waals surface area contributed by atoms with Crippen LogP contribution in [0.3, 0.4) is 0 Å². The van der Waals surface area contributed by atoms with E-state index in [0.29, 0.717) is 21.3 Å². The van der Waals surface area contributed by atoms with Gasteiger partial charge in [0.2, 0.25) is 5.43 Å². The fourth-order valence-electron chi connectivity index (χ4n) is 3.56. The van der Waals surface area contributed by atoms with Crippen LogP contribution in [0.4, 0.5) is 0 Å². The third-order valence-electron chi connectivity index (χ3n) is 5.15. The van der Waals surface area contributed by atoms with E-state index in [-0.39, 0.29) is 5.69 Å². The number of hydrogen-bond donors (Lipinski definition) is 2. The summed E-state index contributed by atoms with van der Waals surface area (Å²) in [5, 5.41) is 4.75. The van der Waals surface area contributed by atoms with Crippen molar-refractivity contribution in [3.8, 4) is 5.69 Å². The quantitative estimate of drug-likeness (QED) is 0.465. The number of aryl methyl sites for hydroxylation is 3. The maximum absolute atomic E-state index is 12.6. The van der Waals surface area contributed by atoms with Crippen LogP contribution in [0.25, 0.3) is 5.69 Å². The Hall–Kier alpha value is -2.97. The zero-order valence-electron chi connectivity index (χ0n) is 16.9. The van der Waals surface area contributed by atoms with Crippen molar-refractivity contribution >= 4 is 34.8 Å². The number of hydrazine groups is 1. The minimum Gasteiger partial charge on any atom is -0.287 e. The molecular weight excluding hydrogens is 436 g/mol. The molecule has 1 aliphatic carbocycles. The van der Waals surface area contributed by atoms with Crippen molar-refractivity contribution in [2.45, 2.75) is 39.0 Å². The van der Waals surface area contributed by atoms with E-state index in [9.17, 15) is 14.4 Å². The van der Waals surface area contributed by atoms with Crippen LogP contribution in [0.1, 0.15) is 55.6 Å². The van der Waals surface area contributed by atoms with Gasteiger partial charge in [-0.15, -0.1) is 11.3 Å². The molecule has 3 aromatic rings. The second-order valence-corrected chi connectivity index (χ2v) is 8.99. The third kappa shape index (κ3) is 4.70. The molecule has 1 aliphatic rings. The first-order chi connectivity index (χ1) is 14.9. The van der Waals surface area contributed by atoms with Crippen LogP contribution < -0.4 is 16.3 Å². The molecule has 160 valence electrons. The van der Waals surface area contributed by atoms with E-state index < -0.39 is 17.2 Å². The lowest BCUT2D eigenvalue weighted by molar-refractivity contribution is 0.0844. The molecule has 0 atom stereocenters. The van der Waals surface area contributed by atoms with Gasteiger partial charge in [0.15, 0.2) is 5.69 Å². The highest BCUT2D eigenvalue weighted by Crippen LogP contribution is 2.28. The fourth-order valence-corrected chi connectivity index (χ4v) is 4.84. The molecule has 0 unspecified atom stereocenters. The third-order valence-corrected chi connectivity index (χ3v) is 6.64. The predicted molar refractivity (Wildman–Crippen MR) is 120 cm³/mol. The summed E-state index contributed by atoms with van der Waals surface area (Å²) < 4.78 is 1.48. The van der Waals surface area contributed by atoms with Crippen molar-refractivity contribution in [1.82, 2.24) is 20.6 Å². The van der Waals surface area contributed by atoms with E-state index in [1.807, 2.05) is 6.07 Å². The first kappa shape index (κ1) is 21.3. The van der Waals surface area contributed by atoms with Gasteiger partial charge in [-0.25, -0.2) is 4.68 Å². The molecular formula is C22H21ClN4O3S. The first-order valence-corrected chi connectivity index (χ1v) is 11.2. The number of carbonyl (C=O) groups excluding carboxylic acids is 2. The summed E-state index contributed by atoms with van der Waals surface area (Å²) in [6.07, 6.45) is 5.42. The fraction of sp³-hybridized carbons (Fsp3) is 0.273. The number of aromatic nitrogens is 2. The van der Waals surface area contributed by atoms with Crippen molar-refractivity contribution in [2.24, 2.45) is 0 Å². The number of nitrogens with one attached hydrogen (secondary N) is 2. The van der Waals surface area contributed by atoms with E-state index in [2.05, 4.69) is 16.0 Å². The number of hydrogen-bond acceptors (Lipinski definition) is 5. The lowest BCUT2D eigenvalue weighted by Crippen LogP contribution is -2.43. The summed E-state index contributed by atoms with van der Waals surface area (Å²) in [5.41, 5.74) is 6.29. The van der Waals surface area contributed by atoms with Gasteiger partial charge in [0, 0.05) is 21.7 Å². The molecule has 0 radical (unpaired) electrons. The van der Waals surface area contributed by atoms with Crippen molar-refractivity contribution in [1.29, 1.82) is 0 Å². The molecule has 2 aromatic heterocycles. The van der Waals surface area contributed by atoms with Gasteiger partial charge < -0.3 is 0 Å². The standard InChI is InChI=1S/C22H21ClN4O3S/c1-13-11-17(28)20(26-27(13)16-9-7-15(23)8-10-16)22(30)25-24-21(29)19-12-14-5-3-2-4-6-18(14)31-19/h7-12H,2-6H2,1H3,(H,24,29)(H,25,30). The molecule has 0 bridgehead atoms. The smallest absolute Gasteiger partial charge is 0.287 e. The van der Waals surface area contributed by atoms with E-state index in [1.165, 1.54) is 38.9 Å². The van der Waals surface area contributed by atoms with E-state index >= 15 is 0 Å². The Kier molecular flexibility index (Phi) is 6.20. The Balaban J connectivity index is 1.49. The van der Waals surface area contributed by atoms with Crippen LogP contribution in [0, 0.1) is 6.92 Å². The summed E-state index contributed by atoms with van der Waals surface area (Å²) in [6, 6.07) is 10.1. The second kappa shape index (κ2) is 9.03. The summed E-state index contributed by atoms with van der Waals surface area (Å²) in [4.78, 5) is 39.2. The molecule has 9 heteroatoms. The molecule has 4 rings (SSSR count). The SMILES string of the molecule is Cc1cc(=O)c(C(=O)NNC(=O)c2cc3c(s2)CCCCC3)nn1-c1ccc(Cl)cc1. The van der Waals surface area contributed by atoms with Crippen LogP contribution in [0.15, 0.2) is 41.2 Å². The number of amides is 2. The molecule has 2 N–H and O–H groups in total. The lowest BCUT2D eigenvalue weighted by atomic mass is 10.1. The zero-order valence-corrected chi connectivity index (χ0v) is 18.5. The Morgan fingerprint density at radius 2 is 1.74 bits per heavy atom. The average molecular weight is 457 g/mol. The zero-order chi connectivity index (χ0) is 22.0. The summed E-state index contributed by atoms with van der Waals surface area (Å²) in [6.45, 7) is 1.72. The van der Waals surface area contributed by atoms with Crippen molar-refractivity contribution in [3.63, 3.8) is 0 Å². The molecule has 2 heterocycles. The number of thiophene rings is 1. The number of carbonyl (C=O) groups is 2. The van der Waals surface area contributed by atoms with Crippen LogP contribution in [-0.2, 0) is 12.8 Å². The highest BCUT2D eigenvalue weighted by molar-refractivity contribution is 7.14. The molecule has 0 spiro atoms. The molecule has 1 aromatic carbocycles. The van der Waals surface area contributed by atoms with E-state index in [1.54, 1.807) is 31.2 Å². The van der Waals surface area contributed by atoms with Gasteiger partial charge in [-0.3, -0.25) is 25.2 Å². The minimum atomic E-state index is -0.779. The van der Waals surface area contributed by atoms with Gasteiger partial charge >= 0.3 is 0 Å². The Morgan fingerprint density at radius 1 is 1.03 bits per heavy atom. The van der Waals surface area contributed by atoms with Gasteiger partial charge in [0.25, 0.3) is 11.8 Å². The predicted octanol–water partition coefficient (Wildman–Crippen LogP) is 3.60. The minimum absolute atomic E-state index is 0.317. The Labute approximate surface area is 188 Å². The van der Waals surface area contributed by atoms with Gasteiger partial charge in [-0.05, 0) is 68.5 Å². The van der Waals surface area contributed by atoms with Crippen molar-refractivity contribution in [2.75, 3.05) is 0 Å². The van der Waals surface area contributed by atoms with Gasteiger partial charge in [-0.1, -0.05) is 18.0 Å². The largest absolute Gasteiger partial charge is 0.294 e. The molecule has 0 saturated carbocycles. The first-order valence-electron chi connectivity index (χ1n) is 10.0. The monoisotopic (exact) mass is 456 g/mol. The topological polar surface area (TPSA) is 93.1 Å². The number of rotatable bonds is 3. The summed E-state index contributed by atoms with van der Waals surface area (Å²) in [7, 11) is 0. The number of fused-ring (bicyclic) bond motifs is 1. The Bertz CT molecular complexity index is 1180. The summed E-state index contributed by atoms with van der Waals surface area (Å²) in [5.74, 6) is -1.18. The highest BCUT2D eigenvalue weighted by atomic mass is 35.5. The van der Waals surface area contributed by atoms with Crippen LogP contribution in [-0.4, -0.2) is 21.6 Å². The van der Waals surface area contributed by atoms with E-state index in [4.69, 9.17) is 11.6 Å². The van der Waals surface area contributed by atoms with Crippen LogP contribution >= 0.6 is 22.9 Å². The van der Waals surface area contributed by atoms with Gasteiger partial charge in [0.1, 0.15) is 0 Å². The lowest BCUT2D eigenvalue weighted by Gasteiger charge is -2.11. The second-order valence-electron chi connectivity index (χ2n) is 7.41. The Morgan fingerprint density at radius 3 is 2.52 bits per heavy atom. The van der Waals surface area contributed by atoms with Crippen molar-refractivity contribution < 1.29 is 9.59 Å². The maximum Gasteiger partial charge on any atom is 0.294 e. The number of benzene rings is 1. The number of halogens is 1. The molecule has 0 aliphatic heterocycles. The summed E-state index contributed by atoms with van der Waals surface area (Å²) >= 11 is 7.38. The molecule has 31 heavy (non-hydrogen) atoms. The normalized spacial score (nSPS) is 13.2. The molecule has 0 fully saturated rings. The van der Waals surface area contributed by atoms with Crippen molar-refractivity contribution in [3.05, 3.63) is 78.3 Å². The van der Waals surface area contributed by atoms with E-state index in [0.717, 1.165) is 25.7 Å². The maximum atomic E-state index is 12.6. The molecule has 2 amide bonds. The van der Waals surface area contributed by atoms with Gasteiger partial charge in [-0.2, -0.15) is 5.10 Å². The average Bonchev–Trinajstić information content (AvgIpc) is 3.03. The number of nitrogens with zero attached hydrogens (tertiary/aromatic N) is 2. The van der Waals surface area contributed by atoms with Gasteiger partial charge in [0.05, 0.1) is 10.6 Å². The van der Waals surface area contributed by atoms with Crippen LogP contribution in [0.5, 0.6) is 0 Å².